The second-order valence-electron chi connectivity index (χ2n) is 3.04. The Kier molecular flexibility index (Phi) is 2.30. The van der Waals surface area contributed by atoms with Crippen LogP contribution in [-0.2, 0) is 0 Å². The number of carboxylic acids is 1. The molecule has 0 aliphatic rings. The van der Waals surface area contributed by atoms with Gasteiger partial charge in [0.2, 0.25) is 5.95 Å². The molecule has 1 N–H and O–H groups in total. The molecule has 0 aliphatic heterocycles. The molecule has 0 saturated carbocycles. The number of pyridine rings is 1. The molecule has 4 nitrogen and oxygen atoms in total. The summed E-state index contributed by atoms with van der Waals surface area (Å²) < 4.78 is 38.6. The van der Waals surface area contributed by atoms with Gasteiger partial charge in [0.05, 0.1) is 5.56 Å². The predicted octanol–water partition coefficient (Wildman–Crippen LogP) is 2.11. The van der Waals surface area contributed by atoms with Crippen LogP contribution < -0.4 is 0 Å². The van der Waals surface area contributed by atoms with E-state index in [1.165, 1.54) is 12.1 Å². The third-order valence-electron chi connectivity index (χ3n) is 2.04. The highest BCUT2D eigenvalue weighted by atomic mass is 19.3. The number of aromatic nitrogens is 2. The molecule has 7 heteroatoms. The molecule has 0 fully saturated rings. The van der Waals surface area contributed by atoms with Crippen LogP contribution in [0, 0.1) is 5.95 Å². The number of fused-ring (bicyclic) bond motifs is 1. The largest absolute Gasteiger partial charge is 0.478 e. The summed E-state index contributed by atoms with van der Waals surface area (Å²) in [5.41, 5.74) is -1.25. The number of alkyl halides is 2. The van der Waals surface area contributed by atoms with E-state index in [1.807, 2.05) is 0 Å². The van der Waals surface area contributed by atoms with Crippen molar-refractivity contribution in [1.29, 1.82) is 0 Å². The molecule has 2 aromatic rings. The minimum Gasteiger partial charge on any atom is -0.478 e. The number of rotatable bonds is 2. The van der Waals surface area contributed by atoms with Crippen molar-refractivity contribution in [3.05, 3.63) is 35.5 Å². The van der Waals surface area contributed by atoms with Crippen LogP contribution in [0.5, 0.6) is 0 Å². The molecule has 0 saturated heterocycles. The van der Waals surface area contributed by atoms with Gasteiger partial charge in [0.15, 0.2) is 5.69 Å². The fourth-order valence-corrected chi connectivity index (χ4v) is 1.30. The quantitative estimate of drug-likeness (QED) is 0.859. The highest BCUT2D eigenvalue weighted by molar-refractivity contribution is 5.87. The molecule has 0 radical (unpaired) electrons. The van der Waals surface area contributed by atoms with Crippen molar-refractivity contribution < 1.29 is 23.1 Å². The summed E-state index contributed by atoms with van der Waals surface area (Å²) in [4.78, 5) is 13.9. The van der Waals surface area contributed by atoms with Crippen molar-refractivity contribution in [2.24, 2.45) is 0 Å². The Morgan fingerprint density at radius 2 is 2.12 bits per heavy atom. The zero-order valence-electron chi connectivity index (χ0n) is 7.69. The Hall–Kier alpha value is -2.05. The first-order chi connectivity index (χ1) is 7.50. The van der Waals surface area contributed by atoms with Gasteiger partial charge < -0.3 is 5.11 Å². The van der Waals surface area contributed by atoms with Crippen molar-refractivity contribution in [2.45, 2.75) is 6.43 Å². The van der Waals surface area contributed by atoms with E-state index in [-0.39, 0.29) is 11.2 Å². The molecule has 2 rings (SSSR count). The number of hydrogen-bond acceptors (Lipinski definition) is 2. The number of hydrogen-bond donors (Lipinski definition) is 1. The average molecular weight is 230 g/mol. The molecule has 0 bridgehead atoms. The van der Waals surface area contributed by atoms with E-state index in [0.29, 0.717) is 4.40 Å². The maximum Gasteiger partial charge on any atom is 0.337 e. The van der Waals surface area contributed by atoms with Crippen LogP contribution in [0.2, 0.25) is 0 Å². The van der Waals surface area contributed by atoms with Crippen molar-refractivity contribution >= 4 is 11.6 Å². The summed E-state index contributed by atoms with van der Waals surface area (Å²) in [5.74, 6) is -2.51. The first-order valence-corrected chi connectivity index (χ1v) is 4.19. The lowest BCUT2D eigenvalue weighted by molar-refractivity contribution is 0.0696. The smallest absolute Gasteiger partial charge is 0.337 e. The summed E-state index contributed by atoms with van der Waals surface area (Å²) in [5, 5.41) is 8.65. The molecular weight excluding hydrogens is 225 g/mol. The van der Waals surface area contributed by atoms with Crippen molar-refractivity contribution in [1.82, 2.24) is 9.38 Å². The lowest BCUT2D eigenvalue weighted by atomic mass is 10.3. The van der Waals surface area contributed by atoms with Gasteiger partial charge in [0.1, 0.15) is 5.65 Å². The van der Waals surface area contributed by atoms with Gasteiger partial charge in [0, 0.05) is 6.20 Å². The monoisotopic (exact) mass is 230 g/mol. The van der Waals surface area contributed by atoms with Crippen LogP contribution >= 0.6 is 0 Å². The number of halogens is 3. The molecule has 2 aromatic heterocycles. The van der Waals surface area contributed by atoms with Gasteiger partial charge in [-0.25, -0.2) is 18.6 Å². The van der Waals surface area contributed by atoms with Crippen molar-refractivity contribution in [3.63, 3.8) is 0 Å². The van der Waals surface area contributed by atoms with Gasteiger partial charge in [-0.2, -0.15) is 4.39 Å². The van der Waals surface area contributed by atoms with E-state index < -0.39 is 24.0 Å². The molecule has 0 aliphatic carbocycles. The molecule has 0 aromatic carbocycles. The molecule has 0 unspecified atom stereocenters. The number of carboxylic acid groups (broad SMARTS) is 1. The Bertz CT molecular complexity index is 565. The van der Waals surface area contributed by atoms with E-state index in [2.05, 4.69) is 4.98 Å². The molecule has 84 valence electrons. The SMILES string of the molecule is O=C(O)c1ccc2nc(C(F)F)c(F)n2c1. The van der Waals surface area contributed by atoms with Crippen LogP contribution in [-0.4, -0.2) is 20.5 Å². The van der Waals surface area contributed by atoms with Gasteiger partial charge in [-0.3, -0.25) is 4.40 Å². The summed E-state index contributed by atoms with van der Waals surface area (Å²) in [7, 11) is 0. The molecule has 0 amide bonds. The minimum absolute atomic E-state index is 0.0576. The van der Waals surface area contributed by atoms with E-state index in [9.17, 15) is 18.0 Å². The van der Waals surface area contributed by atoms with E-state index in [4.69, 9.17) is 5.11 Å². The van der Waals surface area contributed by atoms with Crippen molar-refractivity contribution in [2.75, 3.05) is 0 Å². The summed E-state index contributed by atoms with van der Waals surface area (Å²) in [6.45, 7) is 0. The third kappa shape index (κ3) is 1.50. The highest BCUT2D eigenvalue weighted by Crippen LogP contribution is 2.22. The zero-order chi connectivity index (χ0) is 11.9. The van der Waals surface area contributed by atoms with Gasteiger partial charge >= 0.3 is 5.97 Å². The van der Waals surface area contributed by atoms with E-state index in [0.717, 1.165) is 6.20 Å². The first kappa shape index (κ1) is 10.5. The van der Waals surface area contributed by atoms with Gasteiger partial charge in [-0.05, 0) is 12.1 Å². The fraction of sp³-hybridized carbons (Fsp3) is 0.111. The Morgan fingerprint density at radius 1 is 1.44 bits per heavy atom. The standard InChI is InChI=1S/C9H5F3N2O2/c10-7(11)6-8(12)14-3-4(9(15)16)1-2-5(14)13-6/h1-3,7H,(H,15,16). The second-order valence-corrected chi connectivity index (χ2v) is 3.04. The first-order valence-electron chi connectivity index (χ1n) is 4.19. The number of nitrogens with zero attached hydrogens (tertiary/aromatic N) is 2. The highest BCUT2D eigenvalue weighted by Gasteiger charge is 2.20. The maximum atomic E-state index is 13.4. The lowest BCUT2D eigenvalue weighted by Crippen LogP contribution is -1.99. The summed E-state index contributed by atoms with van der Waals surface area (Å²) in [6, 6.07) is 2.33. The number of imidazole rings is 1. The predicted molar refractivity (Wildman–Crippen MR) is 47.1 cm³/mol. The normalized spacial score (nSPS) is 11.2. The Balaban J connectivity index is 2.69. The Labute approximate surface area is 87.0 Å². The molecular formula is C9H5F3N2O2. The van der Waals surface area contributed by atoms with E-state index >= 15 is 0 Å². The van der Waals surface area contributed by atoms with Crippen LogP contribution in [0.25, 0.3) is 5.65 Å². The minimum atomic E-state index is -3.03. The van der Waals surface area contributed by atoms with Crippen LogP contribution in [0.4, 0.5) is 13.2 Å². The van der Waals surface area contributed by atoms with E-state index in [1.54, 1.807) is 0 Å². The number of aromatic carboxylic acids is 1. The molecule has 0 atom stereocenters. The summed E-state index contributed by atoms with van der Waals surface area (Å²) in [6.07, 6.45) is -2.13. The van der Waals surface area contributed by atoms with Crippen LogP contribution in [0.1, 0.15) is 22.5 Å². The molecule has 0 spiro atoms. The topological polar surface area (TPSA) is 54.6 Å². The number of carbonyl (C=O) groups is 1. The lowest BCUT2D eigenvalue weighted by Gasteiger charge is -1.96. The molecule has 16 heavy (non-hydrogen) atoms. The van der Waals surface area contributed by atoms with Crippen molar-refractivity contribution in [3.8, 4) is 0 Å². The van der Waals surface area contributed by atoms with Crippen LogP contribution in [0.15, 0.2) is 18.3 Å². The zero-order valence-corrected chi connectivity index (χ0v) is 7.69. The summed E-state index contributed by atoms with van der Waals surface area (Å²) >= 11 is 0. The average Bonchev–Trinajstić information content (AvgIpc) is 2.56. The Morgan fingerprint density at radius 3 is 2.69 bits per heavy atom. The van der Waals surface area contributed by atoms with Crippen LogP contribution in [0.3, 0.4) is 0 Å². The van der Waals surface area contributed by atoms with Gasteiger partial charge in [-0.15, -0.1) is 0 Å². The fourth-order valence-electron chi connectivity index (χ4n) is 1.30. The second kappa shape index (κ2) is 3.51. The molecule has 2 heterocycles. The third-order valence-corrected chi connectivity index (χ3v) is 2.04. The maximum absolute atomic E-state index is 13.4. The van der Waals surface area contributed by atoms with Gasteiger partial charge in [0.25, 0.3) is 6.43 Å². The van der Waals surface area contributed by atoms with Gasteiger partial charge in [-0.1, -0.05) is 0 Å².